The highest BCUT2D eigenvalue weighted by Crippen LogP contribution is 2.28. The number of nitrogens with one attached hydrogen (secondary N) is 3. The minimum atomic E-state index is -0.835. The third kappa shape index (κ3) is 7.90. The predicted octanol–water partition coefficient (Wildman–Crippen LogP) is 1.66. The first-order chi connectivity index (χ1) is 18.8. The second-order valence-electron chi connectivity index (χ2n) is 11.0. The molecule has 2 saturated heterocycles. The molecule has 39 heavy (non-hydrogen) atoms. The monoisotopic (exact) mass is 546 g/mol. The molecule has 10 nitrogen and oxygen atoms in total. The lowest BCUT2D eigenvalue weighted by atomic mass is 9.84. The lowest BCUT2D eigenvalue weighted by Crippen LogP contribution is -2.89. The number of urea groups is 1. The summed E-state index contributed by atoms with van der Waals surface area (Å²) in [5, 5.41) is 10.4. The van der Waals surface area contributed by atoms with E-state index in [0.717, 1.165) is 45.1 Å². The molecule has 3 fully saturated rings. The first-order valence-corrected chi connectivity index (χ1v) is 14.2. The van der Waals surface area contributed by atoms with Gasteiger partial charge in [0.2, 0.25) is 5.91 Å². The van der Waals surface area contributed by atoms with Crippen LogP contribution in [0.3, 0.4) is 0 Å². The minimum absolute atomic E-state index is 0.0859. The molecule has 214 valence electrons. The van der Waals surface area contributed by atoms with Gasteiger partial charge in [0, 0.05) is 31.1 Å². The minimum Gasteiger partial charge on any atom is -0.467 e. The molecule has 1 aromatic rings. The Morgan fingerprint density at radius 3 is 2.59 bits per heavy atom. The molecule has 5 N–H and O–H groups in total. The molecule has 2 aliphatic heterocycles. The number of carbonyl (C=O) groups is 4. The summed E-state index contributed by atoms with van der Waals surface area (Å²) in [4.78, 5) is 53.9. The first kappa shape index (κ1) is 28.8. The van der Waals surface area contributed by atoms with Crippen molar-refractivity contribution in [3.8, 4) is 0 Å². The molecule has 0 unspecified atom stereocenters. The number of benzene rings is 1. The van der Waals surface area contributed by atoms with E-state index in [1.165, 1.54) is 31.7 Å². The Kier molecular flexibility index (Phi) is 10.1. The van der Waals surface area contributed by atoms with Gasteiger partial charge >= 0.3 is 12.0 Å². The summed E-state index contributed by atoms with van der Waals surface area (Å²) in [7, 11) is 1.31. The third-order valence-electron chi connectivity index (χ3n) is 8.19. The summed E-state index contributed by atoms with van der Waals surface area (Å²) < 4.78 is 18.5. The van der Waals surface area contributed by atoms with Crippen LogP contribution in [-0.4, -0.2) is 73.1 Å². The zero-order valence-electron chi connectivity index (χ0n) is 22.6. The van der Waals surface area contributed by atoms with Crippen molar-refractivity contribution < 1.29 is 33.6 Å². The molecule has 1 saturated carbocycles. The fourth-order valence-electron chi connectivity index (χ4n) is 6.12. The van der Waals surface area contributed by atoms with E-state index in [-0.39, 0.29) is 24.4 Å². The summed E-state index contributed by atoms with van der Waals surface area (Å²) in [6.45, 7) is 1.18. The average molecular weight is 547 g/mol. The highest BCUT2D eigenvalue weighted by Gasteiger charge is 2.42. The van der Waals surface area contributed by atoms with Crippen molar-refractivity contribution in [2.24, 2.45) is 5.92 Å². The maximum atomic E-state index is 13.7. The lowest BCUT2D eigenvalue weighted by molar-refractivity contribution is -0.658. The molecule has 11 heteroatoms. The fourth-order valence-corrected chi connectivity index (χ4v) is 6.12. The smallest absolute Gasteiger partial charge is 0.328 e. The summed E-state index contributed by atoms with van der Waals surface area (Å²) in [5.41, 5.74) is 0.315. The van der Waals surface area contributed by atoms with Crippen LogP contribution in [0.15, 0.2) is 24.3 Å². The van der Waals surface area contributed by atoms with Gasteiger partial charge in [-0.15, -0.1) is 0 Å². The van der Waals surface area contributed by atoms with Gasteiger partial charge in [0.05, 0.1) is 13.7 Å². The molecule has 0 radical (unpaired) electrons. The summed E-state index contributed by atoms with van der Waals surface area (Å²) in [6.07, 6.45) is 8.32. The van der Waals surface area contributed by atoms with E-state index in [1.54, 1.807) is 11.0 Å². The maximum Gasteiger partial charge on any atom is 0.328 e. The van der Waals surface area contributed by atoms with E-state index < -0.39 is 35.8 Å². The van der Waals surface area contributed by atoms with Gasteiger partial charge < -0.3 is 30.9 Å². The molecule has 4 amide bonds. The average Bonchev–Trinajstić information content (AvgIpc) is 3.47. The number of likely N-dealkylation sites (tertiary alicyclic amines) is 1. The number of piperidine rings is 1. The van der Waals surface area contributed by atoms with E-state index in [2.05, 4.69) is 16.0 Å². The van der Waals surface area contributed by atoms with Gasteiger partial charge in [-0.1, -0.05) is 38.2 Å². The number of amides is 4. The zero-order valence-corrected chi connectivity index (χ0v) is 22.6. The molecular weight excluding hydrogens is 505 g/mol. The van der Waals surface area contributed by atoms with Crippen molar-refractivity contribution in [3.05, 3.63) is 30.1 Å². The SMILES string of the molecule is COC(=O)[C@H](CC1CCCCC1)NC(=O)[C@@H]1C[C@@H](NC(=O)Nc2cccc(F)c2)CCN1C(=O)[C@H]1CCC[NH2+]1. The summed E-state index contributed by atoms with van der Waals surface area (Å²) >= 11 is 0. The fraction of sp³-hybridized carbons (Fsp3) is 0.643. The molecule has 0 bridgehead atoms. The number of carbonyl (C=O) groups excluding carboxylic acids is 4. The van der Waals surface area contributed by atoms with Crippen molar-refractivity contribution >= 4 is 29.5 Å². The number of rotatable bonds is 8. The predicted molar refractivity (Wildman–Crippen MR) is 142 cm³/mol. The number of hydrogen-bond donors (Lipinski definition) is 4. The van der Waals surface area contributed by atoms with Crippen LogP contribution in [0.5, 0.6) is 0 Å². The number of nitrogens with two attached hydrogens (primary N) is 1. The van der Waals surface area contributed by atoms with Crippen molar-refractivity contribution in [2.45, 2.75) is 88.4 Å². The van der Waals surface area contributed by atoms with Gasteiger partial charge in [0.25, 0.3) is 5.91 Å². The molecule has 3 aliphatic rings. The molecule has 4 rings (SSSR count). The number of quaternary nitrogens is 1. The van der Waals surface area contributed by atoms with Crippen molar-refractivity contribution in [2.75, 3.05) is 25.5 Å². The molecule has 0 aromatic heterocycles. The molecule has 4 atom stereocenters. The quantitative estimate of drug-likeness (QED) is 0.368. The van der Waals surface area contributed by atoms with Gasteiger partial charge in [-0.3, -0.25) is 9.59 Å². The van der Waals surface area contributed by atoms with E-state index in [4.69, 9.17) is 4.74 Å². The Balaban J connectivity index is 1.45. The Hall–Kier alpha value is -3.21. The van der Waals surface area contributed by atoms with E-state index in [1.807, 2.05) is 5.32 Å². The molecule has 1 aromatic carbocycles. The molecular formula is C28H41FN5O5+. The van der Waals surface area contributed by atoms with E-state index in [0.29, 0.717) is 31.0 Å². The van der Waals surface area contributed by atoms with Crippen molar-refractivity contribution in [1.82, 2.24) is 15.5 Å². The van der Waals surface area contributed by atoms with Crippen LogP contribution in [0.25, 0.3) is 0 Å². The lowest BCUT2D eigenvalue weighted by Gasteiger charge is -2.39. The summed E-state index contributed by atoms with van der Waals surface area (Å²) in [5.74, 6) is -1.12. The van der Waals surface area contributed by atoms with Gasteiger partial charge in [-0.2, -0.15) is 0 Å². The van der Waals surface area contributed by atoms with Crippen LogP contribution in [0.1, 0.15) is 64.2 Å². The van der Waals surface area contributed by atoms with Crippen LogP contribution < -0.4 is 21.3 Å². The number of methoxy groups -OCH3 is 1. The van der Waals surface area contributed by atoms with Crippen LogP contribution in [0, 0.1) is 11.7 Å². The van der Waals surface area contributed by atoms with Gasteiger partial charge in [-0.05, 0) is 43.4 Å². The normalized spacial score (nSPS) is 24.5. The van der Waals surface area contributed by atoms with Crippen LogP contribution >= 0.6 is 0 Å². The highest BCUT2D eigenvalue weighted by atomic mass is 19.1. The standard InChI is InChI=1S/C28H40FN5O5/c1-39-27(37)23(15-18-7-3-2-4-8-18)33-25(35)24-17-21(12-14-34(24)26(36)22-11-6-13-30-22)32-28(38)31-20-10-5-9-19(29)16-20/h5,9-10,16,18,21-24,30H,2-4,6-8,11-15,17H2,1H3,(H,33,35)(H2,31,32,38)/p+1/t21-,22+,23-,24-/m0/s1. The topological polar surface area (TPSA) is 133 Å². The van der Waals surface area contributed by atoms with E-state index >= 15 is 0 Å². The van der Waals surface area contributed by atoms with Crippen LogP contribution in [-0.2, 0) is 19.1 Å². The third-order valence-corrected chi connectivity index (χ3v) is 8.19. The second-order valence-corrected chi connectivity index (χ2v) is 11.0. The van der Waals surface area contributed by atoms with Gasteiger partial charge in [0.15, 0.2) is 6.04 Å². The van der Waals surface area contributed by atoms with Gasteiger partial charge in [0.1, 0.15) is 17.9 Å². The highest BCUT2D eigenvalue weighted by molar-refractivity contribution is 5.92. The second kappa shape index (κ2) is 13.7. The maximum absolute atomic E-state index is 13.7. The molecule has 1 aliphatic carbocycles. The zero-order chi connectivity index (χ0) is 27.8. The summed E-state index contributed by atoms with van der Waals surface area (Å²) in [6, 6.07) is 2.84. The largest absolute Gasteiger partial charge is 0.467 e. The van der Waals surface area contributed by atoms with Crippen molar-refractivity contribution in [1.29, 1.82) is 0 Å². The van der Waals surface area contributed by atoms with E-state index in [9.17, 15) is 23.6 Å². The molecule has 2 heterocycles. The Bertz CT molecular complexity index is 1030. The number of anilines is 1. The van der Waals surface area contributed by atoms with Crippen LogP contribution in [0.2, 0.25) is 0 Å². The Labute approximate surface area is 228 Å². The first-order valence-electron chi connectivity index (χ1n) is 14.2. The van der Waals surface area contributed by atoms with Crippen molar-refractivity contribution in [3.63, 3.8) is 0 Å². The Morgan fingerprint density at radius 2 is 1.90 bits per heavy atom. The number of hydrogen-bond acceptors (Lipinski definition) is 5. The number of nitrogens with zero attached hydrogens (tertiary/aromatic N) is 1. The van der Waals surface area contributed by atoms with Crippen LogP contribution in [0.4, 0.5) is 14.9 Å². The number of ether oxygens (including phenoxy) is 1. The molecule has 0 spiro atoms. The Morgan fingerprint density at radius 1 is 1.10 bits per heavy atom. The number of halogens is 1. The number of esters is 1. The van der Waals surface area contributed by atoms with Gasteiger partial charge in [-0.25, -0.2) is 14.0 Å².